The lowest BCUT2D eigenvalue weighted by molar-refractivity contribution is 0.202. The molecule has 0 atom stereocenters. The molecule has 0 unspecified atom stereocenters. The number of hydrogen-bond acceptors (Lipinski definition) is 3. The van der Waals surface area contributed by atoms with Gasteiger partial charge in [-0.05, 0) is 36.2 Å². The standard InChI is InChI=1S/C15H17FN2O/c1-19-7-6-11-4-2-3-5-15(11)18-14-9-12(16)8-13(17)10-14/h2-5,8-10,18H,6-7,17H2,1H3. The second-order valence-corrected chi connectivity index (χ2v) is 4.30. The lowest BCUT2D eigenvalue weighted by Gasteiger charge is -2.12. The Bertz CT molecular complexity index is 537. The summed E-state index contributed by atoms with van der Waals surface area (Å²) in [5.41, 5.74) is 8.72. The van der Waals surface area contributed by atoms with E-state index in [-0.39, 0.29) is 5.82 Å². The number of rotatable bonds is 5. The highest BCUT2D eigenvalue weighted by molar-refractivity contribution is 5.66. The predicted octanol–water partition coefficient (Wildman–Crippen LogP) is 3.34. The van der Waals surface area contributed by atoms with Crippen LogP contribution in [0.2, 0.25) is 0 Å². The Hall–Kier alpha value is -2.07. The molecule has 0 bridgehead atoms. The Labute approximate surface area is 112 Å². The van der Waals surface area contributed by atoms with Crippen molar-refractivity contribution in [3.8, 4) is 0 Å². The van der Waals surface area contributed by atoms with E-state index in [1.165, 1.54) is 12.1 Å². The fourth-order valence-corrected chi connectivity index (χ4v) is 1.91. The summed E-state index contributed by atoms with van der Waals surface area (Å²) < 4.78 is 18.4. The predicted molar refractivity (Wildman–Crippen MR) is 76.1 cm³/mol. The molecule has 100 valence electrons. The normalized spacial score (nSPS) is 10.4. The van der Waals surface area contributed by atoms with Crippen LogP contribution in [0.15, 0.2) is 42.5 Å². The van der Waals surface area contributed by atoms with E-state index in [1.54, 1.807) is 13.2 Å². The molecular formula is C15H17FN2O. The third kappa shape index (κ3) is 3.69. The summed E-state index contributed by atoms with van der Waals surface area (Å²) in [6.45, 7) is 0.643. The SMILES string of the molecule is COCCc1ccccc1Nc1cc(N)cc(F)c1. The van der Waals surface area contributed by atoms with Gasteiger partial charge in [0.05, 0.1) is 6.61 Å². The monoisotopic (exact) mass is 260 g/mol. The molecule has 3 nitrogen and oxygen atoms in total. The first kappa shape index (κ1) is 13.4. The van der Waals surface area contributed by atoms with Gasteiger partial charge in [0.25, 0.3) is 0 Å². The molecule has 0 saturated heterocycles. The van der Waals surface area contributed by atoms with Crippen molar-refractivity contribution in [2.24, 2.45) is 0 Å². The van der Waals surface area contributed by atoms with E-state index in [1.807, 2.05) is 24.3 Å². The van der Waals surface area contributed by atoms with Crippen molar-refractivity contribution in [2.45, 2.75) is 6.42 Å². The average Bonchev–Trinajstić information content (AvgIpc) is 2.36. The van der Waals surface area contributed by atoms with Gasteiger partial charge in [-0.1, -0.05) is 18.2 Å². The molecule has 19 heavy (non-hydrogen) atoms. The van der Waals surface area contributed by atoms with Crippen LogP contribution in [0.1, 0.15) is 5.56 Å². The molecule has 2 aromatic carbocycles. The van der Waals surface area contributed by atoms with Crippen molar-refractivity contribution in [1.82, 2.24) is 0 Å². The lowest BCUT2D eigenvalue weighted by Crippen LogP contribution is -2.00. The largest absolute Gasteiger partial charge is 0.399 e. The zero-order valence-electron chi connectivity index (χ0n) is 10.8. The fourth-order valence-electron chi connectivity index (χ4n) is 1.91. The minimum Gasteiger partial charge on any atom is -0.399 e. The summed E-state index contributed by atoms with van der Waals surface area (Å²) >= 11 is 0. The van der Waals surface area contributed by atoms with Gasteiger partial charge in [0, 0.05) is 24.2 Å². The van der Waals surface area contributed by atoms with Crippen molar-refractivity contribution < 1.29 is 9.13 Å². The Kier molecular flexibility index (Phi) is 4.36. The number of benzene rings is 2. The fraction of sp³-hybridized carbons (Fsp3) is 0.200. The Balaban J connectivity index is 2.22. The van der Waals surface area contributed by atoms with E-state index in [9.17, 15) is 4.39 Å². The summed E-state index contributed by atoms with van der Waals surface area (Å²) in [6.07, 6.45) is 0.796. The molecule has 0 amide bonds. The van der Waals surface area contributed by atoms with Crippen molar-refractivity contribution in [2.75, 3.05) is 24.8 Å². The summed E-state index contributed by atoms with van der Waals surface area (Å²) in [6, 6.07) is 12.3. The van der Waals surface area contributed by atoms with Crippen LogP contribution in [0.3, 0.4) is 0 Å². The second kappa shape index (κ2) is 6.20. The molecule has 0 aliphatic heterocycles. The van der Waals surface area contributed by atoms with Gasteiger partial charge in [-0.2, -0.15) is 0 Å². The smallest absolute Gasteiger partial charge is 0.127 e. The first-order valence-corrected chi connectivity index (χ1v) is 6.09. The van der Waals surface area contributed by atoms with Crippen LogP contribution in [0.4, 0.5) is 21.5 Å². The van der Waals surface area contributed by atoms with Crippen LogP contribution in [0.25, 0.3) is 0 Å². The van der Waals surface area contributed by atoms with Gasteiger partial charge < -0.3 is 15.8 Å². The van der Waals surface area contributed by atoms with Crippen molar-refractivity contribution in [3.05, 3.63) is 53.8 Å². The van der Waals surface area contributed by atoms with Crippen molar-refractivity contribution in [1.29, 1.82) is 0 Å². The number of hydrogen-bond donors (Lipinski definition) is 2. The maximum absolute atomic E-state index is 13.3. The molecule has 0 radical (unpaired) electrons. The first-order valence-electron chi connectivity index (χ1n) is 6.09. The van der Waals surface area contributed by atoms with Gasteiger partial charge in [-0.3, -0.25) is 0 Å². The van der Waals surface area contributed by atoms with Gasteiger partial charge in [0.2, 0.25) is 0 Å². The molecule has 0 aliphatic carbocycles. The van der Waals surface area contributed by atoms with Gasteiger partial charge in [-0.15, -0.1) is 0 Å². The highest BCUT2D eigenvalue weighted by Gasteiger charge is 2.04. The van der Waals surface area contributed by atoms with Gasteiger partial charge in [0.15, 0.2) is 0 Å². The van der Waals surface area contributed by atoms with E-state index < -0.39 is 0 Å². The Morgan fingerprint density at radius 1 is 1.21 bits per heavy atom. The number of nitrogens with one attached hydrogen (secondary N) is 1. The molecule has 3 N–H and O–H groups in total. The number of nitrogen functional groups attached to an aromatic ring is 1. The zero-order chi connectivity index (χ0) is 13.7. The van der Waals surface area contributed by atoms with Crippen molar-refractivity contribution >= 4 is 17.1 Å². The number of anilines is 3. The molecule has 0 heterocycles. The molecule has 0 fully saturated rings. The topological polar surface area (TPSA) is 47.3 Å². The van der Waals surface area contributed by atoms with E-state index in [0.29, 0.717) is 18.0 Å². The molecule has 4 heteroatoms. The highest BCUT2D eigenvalue weighted by Crippen LogP contribution is 2.23. The molecule has 0 aromatic heterocycles. The maximum Gasteiger partial charge on any atom is 0.127 e. The van der Waals surface area contributed by atoms with Gasteiger partial charge in [-0.25, -0.2) is 4.39 Å². The molecular weight excluding hydrogens is 243 g/mol. The average molecular weight is 260 g/mol. The van der Waals surface area contributed by atoms with Crippen LogP contribution in [-0.4, -0.2) is 13.7 Å². The lowest BCUT2D eigenvalue weighted by atomic mass is 10.1. The van der Waals surface area contributed by atoms with Crippen LogP contribution in [0.5, 0.6) is 0 Å². The Morgan fingerprint density at radius 2 is 2.00 bits per heavy atom. The second-order valence-electron chi connectivity index (χ2n) is 4.30. The van der Waals surface area contributed by atoms with Gasteiger partial charge in [0.1, 0.15) is 5.82 Å². The van der Waals surface area contributed by atoms with Crippen LogP contribution in [0, 0.1) is 5.82 Å². The maximum atomic E-state index is 13.3. The zero-order valence-corrected chi connectivity index (χ0v) is 10.8. The van der Waals surface area contributed by atoms with Crippen LogP contribution in [-0.2, 0) is 11.2 Å². The third-order valence-corrected chi connectivity index (χ3v) is 2.79. The molecule has 2 rings (SSSR count). The summed E-state index contributed by atoms with van der Waals surface area (Å²) in [7, 11) is 1.67. The molecule has 0 saturated carbocycles. The quantitative estimate of drug-likeness (QED) is 0.810. The van der Waals surface area contributed by atoms with Gasteiger partial charge >= 0.3 is 0 Å². The van der Waals surface area contributed by atoms with E-state index in [2.05, 4.69) is 5.32 Å². The number of para-hydroxylation sites is 1. The highest BCUT2D eigenvalue weighted by atomic mass is 19.1. The summed E-state index contributed by atoms with van der Waals surface area (Å²) in [5.74, 6) is -0.350. The summed E-state index contributed by atoms with van der Waals surface area (Å²) in [4.78, 5) is 0. The molecule has 0 aliphatic rings. The van der Waals surface area contributed by atoms with Crippen molar-refractivity contribution in [3.63, 3.8) is 0 Å². The number of methoxy groups -OCH3 is 1. The number of halogens is 1. The van der Waals surface area contributed by atoms with E-state index in [4.69, 9.17) is 10.5 Å². The third-order valence-electron chi connectivity index (χ3n) is 2.79. The number of nitrogens with two attached hydrogens (primary N) is 1. The van der Waals surface area contributed by atoms with Crippen LogP contribution >= 0.6 is 0 Å². The van der Waals surface area contributed by atoms with E-state index >= 15 is 0 Å². The van der Waals surface area contributed by atoms with E-state index in [0.717, 1.165) is 17.7 Å². The summed E-state index contributed by atoms with van der Waals surface area (Å²) in [5, 5.41) is 3.19. The Morgan fingerprint density at radius 3 is 2.74 bits per heavy atom. The molecule has 0 spiro atoms. The van der Waals surface area contributed by atoms with Crippen LogP contribution < -0.4 is 11.1 Å². The molecule has 2 aromatic rings. The first-order chi connectivity index (χ1) is 9.19. The number of ether oxygens (including phenoxy) is 1. The minimum atomic E-state index is -0.350. The minimum absolute atomic E-state index is 0.350.